The molecule has 0 aromatic heterocycles. The zero-order valence-corrected chi connectivity index (χ0v) is 16.3. The van der Waals surface area contributed by atoms with Gasteiger partial charge in [0.25, 0.3) is 0 Å². The van der Waals surface area contributed by atoms with Crippen LogP contribution in [0.15, 0.2) is 54.6 Å². The maximum absolute atomic E-state index is 5.94. The van der Waals surface area contributed by atoms with Gasteiger partial charge in [0.15, 0.2) is 0 Å². The molecular formula is C17H14Cl3Zr-. The van der Waals surface area contributed by atoms with Gasteiger partial charge >= 0.3 is 37.9 Å². The van der Waals surface area contributed by atoms with Crippen LogP contribution in [0.4, 0.5) is 0 Å². The average Bonchev–Trinajstić information content (AvgIpc) is 2.92. The summed E-state index contributed by atoms with van der Waals surface area (Å²) in [6, 6.07) is 19.1. The predicted molar refractivity (Wildman–Crippen MR) is 91.1 cm³/mol. The van der Waals surface area contributed by atoms with Crippen molar-refractivity contribution in [3.05, 3.63) is 65.2 Å². The summed E-state index contributed by atoms with van der Waals surface area (Å²) < 4.78 is 0. The van der Waals surface area contributed by atoms with Gasteiger partial charge in [-0.2, -0.15) is 6.07 Å². The second-order valence-corrected chi connectivity index (χ2v) is 8.77. The van der Waals surface area contributed by atoms with Crippen LogP contribution in [0.25, 0.3) is 21.9 Å². The summed E-state index contributed by atoms with van der Waals surface area (Å²) in [5, 5.41) is 3.43. The third-order valence-electron chi connectivity index (χ3n) is 3.37. The summed E-state index contributed by atoms with van der Waals surface area (Å²) >= 11 is 5.12. The van der Waals surface area contributed by atoms with Crippen molar-refractivity contribution >= 4 is 39.4 Å². The molecule has 0 radical (unpaired) electrons. The summed E-state index contributed by atoms with van der Waals surface area (Å²) in [7, 11) is 9.87. The number of rotatable bonds is 2. The molecule has 0 nitrogen and oxygen atoms in total. The van der Waals surface area contributed by atoms with E-state index < -0.39 is 20.8 Å². The molecule has 0 fully saturated rings. The molecule has 0 N–H and O–H groups in total. The second-order valence-electron chi connectivity index (χ2n) is 4.60. The maximum atomic E-state index is 5.94. The third-order valence-corrected chi connectivity index (χ3v) is 3.63. The molecule has 0 unspecified atom stereocenters. The van der Waals surface area contributed by atoms with Crippen LogP contribution in [-0.2, 0) is 27.3 Å². The average molecular weight is 416 g/mol. The summed E-state index contributed by atoms with van der Waals surface area (Å²) in [6.45, 7) is 2.19. The van der Waals surface area contributed by atoms with Crippen molar-refractivity contribution in [2.24, 2.45) is 0 Å². The van der Waals surface area contributed by atoms with E-state index in [1.54, 1.807) is 0 Å². The van der Waals surface area contributed by atoms with E-state index in [4.69, 9.17) is 28.6 Å². The minimum absolute atomic E-state index is 0.780. The van der Waals surface area contributed by atoms with Gasteiger partial charge in [-0.3, -0.25) is 0 Å². The summed E-state index contributed by atoms with van der Waals surface area (Å²) in [4.78, 5) is 0. The second kappa shape index (κ2) is 8.44. The Morgan fingerprint density at radius 3 is 2.33 bits per heavy atom. The molecule has 0 bridgehead atoms. The van der Waals surface area contributed by atoms with Gasteiger partial charge in [-0.15, -0.1) is 34.5 Å². The number of hydrogen-bond donors (Lipinski definition) is 0. The normalized spacial score (nSPS) is 10.1. The Kier molecular flexibility index (Phi) is 6.90. The van der Waals surface area contributed by atoms with Crippen LogP contribution < -0.4 is 0 Å². The Bertz CT molecular complexity index is 702. The van der Waals surface area contributed by atoms with Crippen molar-refractivity contribution in [3.8, 4) is 11.1 Å². The van der Waals surface area contributed by atoms with Gasteiger partial charge in [0.2, 0.25) is 0 Å². The Labute approximate surface area is 149 Å². The van der Waals surface area contributed by atoms with Crippen LogP contribution in [0.5, 0.6) is 0 Å². The van der Waals surface area contributed by atoms with Gasteiger partial charge in [0, 0.05) is 5.02 Å². The third kappa shape index (κ3) is 4.39. The van der Waals surface area contributed by atoms with Gasteiger partial charge in [-0.1, -0.05) is 42.3 Å². The van der Waals surface area contributed by atoms with Crippen molar-refractivity contribution < 1.29 is 20.8 Å². The van der Waals surface area contributed by atoms with E-state index in [0.29, 0.717) is 0 Å². The van der Waals surface area contributed by atoms with Gasteiger partial charge in [0.05, 0.1) is 0 Å². The monoisotopic (exact) mass is 413 g/mol. The number of aryl methyl sites for hydroxylation is 1. The van der Waals surface area contributed by atoms with Crippen LogP contribution >= 0.6 is 28.6 Å². The standard InChI is InChI=1S/C17H14Cl.2ClH.Zr/c1-2-12-10-14-4-3-5-16(17(14)11-12)13-6-8-15(18)9-7-13;;;/h3-11H,2H2,1H3;2*1H;/q-1;;;+2/p-2. The number of benzene rings is 2. The van der Waals surface area contributed by atoms with Gasteiger partial charge in [-0.25, -0.2) is 0 Å². The molecule has 0 amide bonds. The summed E-state index contributed by atoms with van der Waals surface area (Å²) in [5.41, 5.74) is 3.90. The summed E-state index contributed by atoms with van der Waals surface area (Å²) in [5.74, 6) is 0. The van der Waals surface area contributed by atoms with Gasteiger partial charge in [-0.05, 0) is 24.1 Å². The van der Waals surface area contributed by atoms with Gasteiger partial charge in [0.1, 0.15) is 0 Å². The molecule has 0 aliphatic rings. The van der Waals surface area contributed by atoms with E-state index in [1.165, 1.54) is 27.5 Å². The fourth-order valence-corrected chi connectivity index (χ4v) is 2.51. The zero-order valence-electron chi connectivity index (χ0n) is 11.5. The van der Waals surface area contributed by atoms with Crippen LogP contribution in [0.1, 0.15) is 12.5 Å². The van der Waals surface area contributed by atoms with E-state index in [1.807, 2.05) is 12.1 Å². The van der Waals surface area contributed by atoms with E-state index in [0.717, 1.165) is 11.4 Å². The Morgan fingerprint density at radius 1 is 1.05 bits per heavy atom. The molecular weight excluding hydrogens is 402 g/mol. The topological polar surface area (TPSA) is 0 Å². The number of halogens is 3. The van der Waals surface area contributed by atoms with Gasteiger partial charge < -0.3 is 0 Å². The molecule has 3 rings (SSSR count). The first-order valence-electron chi connectivity index (χ1n) is 6.60. The first kappa shape index (κ1) is 17.2. The molecule has 0 heterocycles. The fraction of sp³-hybridized carbons (Fsp3) is 0.118. The van der Waals surface area contributed by atoms with Crippen molar-refractivity contribution in [2.45, 2.75) is 13.3 Å². The Morgan fingerprint density at radius 2 is 1.71 bits per heavy atom. The fourth-order valence-electron chi connectivity index (χ4n) is 2.38. The summed E-state index contributed by atoms with van der Waals surface area (Å²) in [6.07, 6.45) is 1.08. The van der Waals surface area contributed by atoms with Crippen molar-refractivity contribution in [2.75, 3.05) is 0 Å². The molecule has 3 aromatic rings. The molecule has 0 saturated heterocycles. The van der Waals surface area contributed by atoms with E-state index in [9.17, 15) is 0 Å². The molecule has 3 aromatic carbocycles. The van der Waals surface area contributed by atoms with Crippen LogP contribution in [0, 0.1) is 0 Å². The molecule has 21 heavy (non-hydrogen) atoms. The zero-order chi connectivity index (χ0) is 15.2. The predicted octanol–water partition coefficient (Wildman–Crippen LogP) is 6.82. The van der Waals surface area contributed by atoms with Crippen LogP contribution in [0.3, 0.4) is 0 Å². The number of fused-ring (bicyclic) bond motifs is 1. The quantitative estimate of drug-likeness (QED) is 0.403. The van der Waals surface area contributed by atoms with Crippen molar-refractivity contribution in [1.82, 2.24) is 0 Å². The molecule has 4 heteroatoms. The molecule has 0 atom stereocenters. The molecule has 0 spiro atoms. The molecule has 108 valence electrons. The molecule has 0 aliphatic heterocycles. The van der Waals surface area contributed by atoms with Crippen molar-refractivity contribution in [3.63, 3.8) is 0 Å². The van der Waals surface area contributed by atoms with E-state index >= 15 is 0 Å². The Hall–Kier alpha value is -0.197. The number of hydrogen-bond acceptors (Lipinski definition) is 0. The molecule has 0 aliphatic carbocycles. The first-order chi connectivity index (χ1) is 10.2. The SMILES string of the molecule is CCc1cc2c(-c3ccc(Cl)cc3)cccc2[cH-]1.[Cl][Zr][Cl]. The van der Waals surface area contributed by atoms with E-state index in [2.05, 4.69) is 49.4 Å². The van der Waals surface area contributed by atoms with Crippen molar-refractivity contribution in [1.29, 1.82) is 0 Å². The van der Waals surface area contributed by atoms with Crippen LogP contribution in [-0.4, -0.2) is 0 Å². The van der Waals surface area contributed by atoms with Crippen LogP contribution in [0.2, 0.25) is 5.02 Å². The minimum atomic E-state index is -0.826. The first-order valence-corrected chi connectivity index (χ1v) is 13.3. The van der Waals surface area contributed by atoms with E-state index in [-0.39, 0.29) is 0 Å². The Balaban J connectivity index is 0.000000497. The molecule has 0 saturated carbocycles.